The van der Waals surface area contributed by atoms with Gasteiger partial charge in [-0.2, -0.15) is 0 Å². The summed E-state index contributed by atoms with van der Waals surface area (Å²) in [5.41, 5.74) is 2.20. The predicted octanol–water partition coefficient (Wildman–Crippen LogP) is 7.33. The molecule has 0 heterocycles. The van der Waals surface area contributed by atoms with Crippen LogP contribution in [0.3, 0.4) is 0 Å². The molecule has 0 saturated heterocycles. The van der Waals surface area contributed by atoms with Crippen LogP contribution in [0, 0.1) is 11.8 Å². The molecule has 5 aromatic rings. The zero-order valence-electron chi connectivity index (χ0n) is 26.4. The minimum absolute atomic E-state index is 0.129. The van der Waals surface area contributed by atoms with Crippen LogP contribution in [0.2, 0.25) is 5.04 Å². The molecule has 1 N–H and O–H groups in total. The number of hydrogen-bond acceptors (Lipinski definition) is 3. The number of aliphatic hydroxyl groups is 1. The van der Waals surface area contributed by atoms with Crippen LogP contribution in [-0.2, 0) is 14.8 Å². The van der Waals surface area contributed by atoms with Crippen molar-refractivity contribution in [2.45, 2.75) is 43.9 Å². The van der Waals surface area contributed by atoms with Gasteiger partial charge in [0.05, 0.1) is 0 Å². The first kappa shape index (κ1) is 32.2. The Hall–Kier alpha value is -4.24. The molecule has 0 aromatic heterocycles. The van der Waals surface area contributed by atoms with Crippen molar-refractivity contribution in [2.75, 3.05) is 13.2 Å². The smallest absolute Gasteiger partial charge is 0.261 e. The van der Waals surface area contributed by atoms with E-state index in [1.807, 2.05) is 66.7 Å². The Labute approximate surface area is 269 Å². The van der Waals surface area contributed by atoms with E-state index < -0.39 is 20.0 Å². The Morgan fingerprint density at radius 1 is 0.600 bits per heavy atom. The predicted molar refractivity (Wildman–Crippen MR) is 187 cm³/mol. The number of rotatable bonds is 11. The third kappa shape index (κ3) is 7.04. The van der Waals surface area contributed by atoms with Gasteiger partial charge in [-0.1, -0.05) is 184 Å². The Morgan fingerprint density at radius 3 is 1.36 bits per heavy atom. The standard InChI is InChI=1S/C41H42O3Si/c1-40(2,3)45(38-27-15-7-16-28-38,39-29-17-8-18-30-39)44-33-31-37(42)26-19-32-43-41(34-20-9-4-10-21-34,35-22-11-5-12-23-35)36-24-13-6-14-25-36/h4-18,20-25,27-30,37,42H,31-33H2,1-3H3/t37-/m0/s1. The van der Waals surface area contributed by atoms with E-state index in [2.05, 4.69) is 118 Å². The van der Waals surface area contributed by atoms with E-state index in [0.717, 1.165) is 16.7 Å². The van der Waals surface area contributed by atoms with Gasteiger partial charge in [-0.25, -0.2) is 0 Å². The second-order valence-corrected chi connectivity index (χ2v) is 16.5. The fraction of sp³-hybridized carbons (Fsp3) is 0.220. The quantitative estimate of drug-likeness (QED) is 0.0967. The van der Waals surface area contributed by atoms with Crippen molar-refractivity contribution >= 4 is 18.7 Å². The third-order valence-electron chi connectivity index (χ3n) is 8.30. The molecule has 0 radical (unpaired) electrons. The highest BCUT2D eigenvalue weighted by molar-refractivity contribution is 6.99. The van der Waals surface area contributed by atoms with Crippen LogP contribution >= 0.6 is 0 Å². The normalized spacial score (nSPS) is 12.6. The molecular weight excluding hydrogens is 569 g/mol. The Balaban J connectivity index is 1.35. The zero-order valence-corrected chi connectivity index (χ0v) is 27.4. The van der Waals surface area contributed by atoms with Crippen LogP contribution in [0.5, 0.6) is 0 Å². The summed E-state index contributed by atoms with van der Waals surface area (Å²) in [7, 11) is -2.68. The zero-order chi connectivity index (χ0) is 31.6. The molecule has 45 heavy (non-hydrogen) atoms. The van der Waals surface area contributed by atoms with Crippen molar-refractivity contribution in [3.05, 3.63) is 168 Å². The van der Waals surface area contributed by atoms with Crippen LogP contribution in [0.25, 0.3) is 0 Å². The van der Waals surface area contributed by atoms with E-state index in [-0.39, 0.29) is 11.6 Å². The molecule has 1 atom stereocenters. The first-order valence-corrected chi connectivity index (χ1v) is 17.5. The molecule has 5 rings (SSSR count). The monoisotopic (exact) mass is 610 g/mol. The Bertz CT molecular complexity index is 1520. The van der Waals surface area contributed by atoms with Crippen LogP contribution in [0.4, 0.5) is 0 Å². The van der Waals surface area contributed by atoms with Crippen molar-refractivity contribution in [3.8, 4) is 11.8 Å². The van der Waals surface area contributed by atoms with Crippen LogP contribution < -0.4 is 10.4 Å². The first-order chi connectivity index (χ1) is 21.9. The fourth-order valence-corrected chi connectivity index (χ4v) is 10.8. The SMILES string of the molecule is CC(C)(C)[Si](OCC[C@@H](O)C#CCOC(c1ccccc1)(c1ccccc1)c1ccccc1)(c1ccccc1)c1ccccc1. The maximum absolute atomic E-state index is 11.0. The molecule has 0 aliphatic heterocycles. The second kappa shape index (κ2) is 14.7. The van der Waals surface area contributed by atoms with Gasteiger partial charge in [0, 0.05) is 13.0 Å². The molecule has 0 amide bonds. The highest BCUT2D eigenvalue weighted by Gasteiger charge is 2.50. The van der Waals surface area contributed by atoms with E-state index in [9.17, 15) is 5.11 Å². The summed E-state index contributed by atoms with van der Waals surface area (Å²) in [6, 6.07) is 51.8. The molecule has 228 valence electrons. The Kier molecular flexibility index (Phi) is 10.5. The number of ether oxygens (including phenoxy) is 1. The minimum atomic E-state index is -2.68. The van der Waals surface area contributed by atoms with Gasteiger partial charge < -0.3 is 14.3 Å². The van der Waals surface area contributed by atoms with Crippen molar-refractivity contribution in [1.82, 2.24) is 0 Å². The van der Waals surface area contributed by atoms with Gasteiger partial charge in [0.1, 0.15) is 18.3 Å². The number of aliphatic hydroxyl groups excluding tert-OH is 1. The summed E-state index contributed by atoms with van der Waals surface area (Å²) < 4.78 is 13.7. The summed E-state index contributed by atoms with van der Waals surface area (Å²) in [6.45, 7) is 7.30. The third-order valence-corrected chi connectivity index (χ3v) is 13.3. The summed E-state index contributed by atoms with van der Waals surface area (Å²) in [4.78, 5) is 0. The number of hydrogen-bond donors (Lipinski definition) is 1. The van der Waals surface area contributed by atoms with Crippen LogP contribution in [0.15, 0.2) is 152 Å². The highest BCUT2D eigenvalue weighted by Crippen LogP contribution is 2.40. The topological polar surface area (TPSA) is 38.7 Å². The summed E-state index contributed by atoms with van der Waals surface area (Å²) in [6.07, 6.45) is -0.440. The lowest BCUT2D eigenvalue weighted by Crippen LogP contribution is -2.66. The molecule has 0 fully saturated rings. The molecule has 4 heteroatoms. The van der Waals surface area contributed by atoms with Crippen molar-refractivity contribution in [1.29, 1.82) is 0 Å². The van der Waals surface area contributed by atoms with Crippen molar-refractivity contribution < 1.29 is 14.3 Å². The van der Waals surface area contributed by atoms with Gasteiger partial charge in [-0.15, -0.1) is 0 Å². The molecule has 3 nitrogen and oxygen atoms in total. The molecule has 0 aliphatic rings. The lowest BCUT2D eigenvalue weighted by molar-refractivity contribution is 0.0351. The average molecular weight is 611 g/mol. The lowest BCUT2D eigenvalue weighted by Gasteiger charge is -2.43. The van der Waals surface area contributed by atoms with Gasteiger partial charge in [0.15, 0.2) is 0 Å². The lowest BCUT2D eigenvalue weighted by atomic mass is 9.80. The molecule has 0 bridgehead atoms. The van der Waals surface area contributed by atoms with Crippen molar-refractivity contribution in [2.24, 2.45) is 0 Å². The molecule has 0 saturated carbocycles. The van der Waals surface area contributed by atoms with E-state index in [0.29, 0.717) is 13.0 Å². The van der Waals surface area contributed by atoms with Gasteiger partial charge in [0.2, 0.25) is 0 Å². The van der Waals surface area contributed by atoms with E-state index >= 15 is 0 Å². The summed E-state index contributed by atoms with van der Waals surface area (Å²) in [5, 5.41) is 13.3. The van der Waals surface area contributed by atoms with Crippen molar-refractivity contribution in [3.63, 3.8) is 0 Å². The fourth-order valence-electron chi connectivity index (χ4n) is 6.23. The summed E-state index contributed by atoms with van der Waals surface area (Å²) >= 11 is 0. The molecule has 0 aliphatic carbocycles. The Morgan fingerprint density at radius 2 is 0.978 bits per heavy atom. The maximum Gasteiger partial charge on any atom is 0.261 e. The van der Waals surface area contributed by atoms with Gasteiger partial charge in [0.25, 0.3) is 8.32 Å². The van der Waals surface area contributed by atoms with Crippen LogP contribution in [0.1, 0.15) is 43.9 Å². The largest absolute Gasteiger partial charge is 0.407 e. The number of benzene rings is 5. The second-order valence-electron chi connectivity index (χ2n) is 12.2. The van der Waals surface area contributed by atoms with E-state index in [1.54, 1.807) is 0 Å². The van der Waals surface area contributed by atoms with E-state index in [1.165, 1.54) is 10.4 Å². The minimum Gasteiger partial charge on any atom is -0.407 e. The summed E-state index contributed by atoms with van der Waals surface area (Å²) in [5.74, 6) is 6.15. The first-order valence-electron chi connectivity index (χ1n) is 15.6. The van der Waals surface area contributed by atoms with Gasteiger partial charge in [-0.05, 0) is 32.1 Å². The average Bonchev–Trinajstić information content (AvgIpc) is 3.08. The van der Waals surface area contributed by atoms with Crippen LogP contribution in [-0.4, -0.2) is 32.7 Å². The molecular formula is C41H42O3Si. The molecule has 0 unspecified atom stereocenters. The highest BCUT2D eigenvalue weighted by atomic mass is 28.4. The maximum atomic E-state index is 11.0. The molecule has 5 aromatic carbocycles. The molecule has 0 spiro atoms. The van der Waals surface area contributed by atoms with Gasteiger partial charge in [-0.3, -0.25) is 0 Å². The van der Waals surface area contributed by atoms with Gasteiger partial charge >= 0.3 is 0 Å². The van der Waals surface area contributed by atoms with E-state index in [4.69, 9.17) is 9.16 Å².